The molecule has 4 heteroatoms. The molecular formula is C13H18N4. The lowest BCUT2D eigenvalue weighted by Gasteiger charge is -2.27. The molecule has 90 valence electrons. The number of rotatable bonds is 1. The molecule has 0 saturated carbocycles. The van der Waals surface area contributed by atoms with E-state index in [4.69, 9.17) is 0 Å². The van der Waals surface area contributed by atoms with E-state index in [0.717, 1.165) is 35.9 Å². The van der Waals surface area contributed by atoms with Gasteiger partial charge in [-0.05, 0) is 37.4 Å². The van der Waals surface area contributed by atoms with Crippen molar-refractivity contribution in [2.24, 2.45) is 13.0 Å². The zero-order chi connectivity index (χ0) is 11.8. The molecule has 0 radical (unpaired) electrons. The van der Waals surface area contributed by atoms with Gasteiger partial charge in [-0.25, -0.2) is 9.97 Å². The second-order valence-electron chi connectivity index (χ2n) is 5.01. The van der Waals surface area contributed by atoms with Gasteiger partial charge in [0, 0.05) is 13.2 Å². The maximum Gasteiger partial charge on any atom is 0.177 e. The molecule has 1 aliphatic rings. The fraction of sp³-hybridized carbons (Fsp3) is 0.538. The van der Waals surface area contributed by atoms with Gasteiger partial charge in [-0.3, -0.25) is 0 Å². The van der Waals surface area contributed by atoms with Crippen molar-refractivity contribution < 1.29 is 0 Å². The lowest BCUT2D eigenvalue weighted by atomic mass is 9.94. The minimum absolute atomic E-state index is 0.373. The predicted molar refractivity (Wildman–Crippen MR) is 67.7 cm³/mol. The van der Waals surface area contributed by atoms with Crippen LogP contribution in [0.3, 0.4) is 0 Å². The molecule has 2 aromatic heterocycles. The van der Waals surface area contributed by atoms with E-state index in [2.05, 4.69) is 39.9 Å². The maximum atomic E-state index is 4.66. The van der Waals surface area contributed by atoms with Crippen LogP contribution in [-0.2, 0) is 7.05 Å². The monoisotopic (exact) mass is 230 g/mol. The molecule has 17 heavy (non-hydrogen) atoms. The zero-order valence-corrected chi connectivity index (χ0v) is 10.3. The van der Waals surface area contributed by atoms with Gasteiger partial charge in [-0.15, -0.1) is 0 Å². The van der Waals surface area contributed by atoms with Gasteiger partial charge in [0.05, 0.1) is 11.6 Å². The Bertz CT molecular complexity index is 531. The summed E-state index contributed by atoms with van der Waals surface area (Å²) in [6.07, 6.45) is 4.23. The number of aromatic nitrogens is 3. The molecule has 2 aromatic rings. The third kappa shape index (κ3) is 1.82. The second kappa shape index (κ2) is 4.11. The molecule has 0 spiro atoms. The van der Waals surface area contributed by atoms with Crippen LogP contribution in [0.1, 0.15) is 31.6 Å². The van der Waals surface area contributed by atoms with E-state index < -0.39 is 0 Å². The SMILES string of the molecule is CC1CCNC(c2nc3ncccc3n2C)C1. The Balaban J connectivity index is 2.02. The van der Waals surface area contributed by atoms with Gasteiger partial charge in [0.15, 0.2) is 5.65 Å². The fourth-order valence-electron chi connectivity index (χ4n) is 2.66. The summed E-state index contributed by atoms with van der Waals surface area (Å²) in [6, 6.07) is 4.41. The number of pyridine rings is 1. The summed E-state index contributed by atoms with van der Waals surface area (Å²) < 4.78 is 2.16. The molecule has 3 heterocycles. The van der Waals surface area contributed by atoms with Gasteiger partial charge in [0.1, 0.15) is 5.82 Å². The highest BCUT2D eigenvalue weighted by molar-refractivity contribution is 5.71. The average molecular weight is 230 g/mol. The van der Waals surface area contributed by atoms with Crippen LogP contribution >= 0.6 is 0 Å². The van der Waals surface area contributed by atoms with Crippen molar-refractivity contribution in [1.29, 1.82) is 0 Å². The number of nitrogens with zero attached hydrogens (tertiary/aromatic N) is 3. The second-order valence-corrected chi connectivity index (χ2v) is 5.01. The third-order valence-corrected chi connectivity index (χ3v) is 3.67. The Labute approximate surface area is 101 Å². The van der Waals surface area contributed by atoms with Gasteiger partial charge in [-0.2, -0.15) is 0 Å². The molecule has 1 saturated heterocycles. The number of aryl methyl sites for hydroxylation is 1. The first-order valence-electron chi connectivity index (χ1n) is 6.26. The van der Waals surface area contributed by atoms with E-state index in [1.807, 2.05) is 6.07 Å². The smallest absolute Gasteiger partial charge is 0.177 e. The van der Waals surface area contributed by atoms with Gasteiger partial charge in [-0.1, -0.05) is 6.92 Å². The van der Waals surface area contributed by atoms with Gasteiger partial charge < -0.3 is 9.88 Å². The van der Waals surface area contributed by atoms with E-state index in [0.29, 0.717) is 6.04 Å². The highest BCUT2D eigenvalue weighted by atomic mass is 15.1. The fourth-order valence-corrected chi connectivity index (χ4v) is 2.66. The molecule has 0 amide bonds. The summed E-state index contributed by atoms with van der Waals surface area (Å²) in [5.74, 6) is 1.89. The number of hydrogen-bond donors (Lipinski definition) is 1. The topological polar surface area (TPSA) is 42.7 Å². The van der Waals surface area contributed by atoms with Gasteiger partial charge in [0.25, 0.3) is 0 Å². The van der Waals surface area contributed by atoms with Crippen LogP contribution in [0, 0.1) is 5.92 Å². The molecule has 4 nitrogen and oxygen atoms in total. The van der Waals surface area contributed by atoms with Gasteiger partial charge in [0.2, 0.25) is 0 Å². The molecule has 1 fully saturated rings. The summed E-state index contributed by atoms with van der Waals surface area (Å²) in [7, 11) is 2.08. The predicted octanol–water partition coefficient (Wildman–Crippen LogP) is 2.03. The van der Waals surface area contributed by atoms with Crippen molar-refractivity contribution in [3.63, 3.8) is 0 Å². The van der Waals surface area contributed by atoms with E-state index in [1.165, 1.54) is 6.42 Å². The highest BCUT2D eigenvalue weighted by Crippen LogP contribution is 2.27. The first-order chi connectivity index (χ1) is 8.25. The van der Waals surface area contributed by atoms with Crippen LogP contribution in [0.2, 0.25) is 0 Å². The van der Waals surface area contributed by atoms with Crippen molar-refractivity contribution >= 4 is 11.2 Å². The van der Waals surface area contributed by atoms with Crippen LogP contribution in [0.5, 0.6) is 0 Å². The molecule has 3 rings (SSSR count). The summed E-state index contributed by atoms with van der Waals surface area (Å²) >= 11 is 0. The van der Waals surface area contributed by atoms with Crippen molar-refractivity contribution in [3.8, 4) is 0 Å². The summed E-state index contributed by atoms with van der Waals surface area (Å²) in [5.41, 5.74) is 1.97. The number of fused-ring (bicyclic) bond motifs is 1. The minimum atomic E-state index is 0.373. The Hall–Kier alpha value is -1.42. The quantitative estimate of drug-likeness (QED) is 0.815. The summed E-state index contributed by atoms with van der Waals surface area (Å²) in [5, 5.41) is 3.56. The van der Waals surface area contributed by atoms with Crippen LogP contribution in [0.15, 0.2) is 18.3 Å². The van der Waals surface area contributed by atoms with Crippen LogP contribution in [-0.4, -0.2) is 21.1 Å². The standard InChI is InChI=1S/C13H18N4/c1-9-5-7-14-10(8-9)13-16-12-11(17(13)2)4-3-6-15-12/h3-4,6,9-10,14H,5,7-8H2,1-2H3. The van der Waals surface area contributed by atoms with Crippen molar-refractivity contribution in [1.82, 2.24) is 19.9 Å². The molecule has 1 aliphatic heterocycles. The number of hydrogen-bond acceptors (Lipinski definition) is 3. The molecular weight excluding hydrogens is 212 g/mol. The summed E-state index contributed by atoms with van der Waals surface area (Å²) in [6.45, 7) is 3.40. The van der Waals surface area contributed by atoms with E-state index in [-0.39, 0.29) is 0 Å². The normalized spacial score (nSPS) is 25.3. The van der Waals surface area contributed by atoms with E-state index >= 15 is 0 Å². The van der Waals surface area contributed by atoms with Crippen LogP contribution in [0.25, 0.3) is 11.2 Å². The Morgan fingerprint density at radius 3 is 3.12 bits per heavy atom. The zero-order valence-electron chi connectivity index (χ0n) is 10.3. The number of piperidine rings is 1. The van der Waals surface area contributed by atoms with E-state index in [9.17, 15) is 0 Å². The number of imidazole rings is 1. The average Bonchev–Trinajstić information content (AvgIpc) is 2.68. The largest absolute Gasteiger partial charge is 0.328 e. The molecule has 0 bridgehead atoms. The molecule has 2 unspecified atom stereocenters. The van der Waals surface area contributed by atoms with Gasteiger partial charge >= 0.3 is 0 Å². The highest BCUT2D eigenvalue weighted by Gasteiger charge is 2.24. The van der Waals surface area contributed by atoms with Crippen molar-refractivity contribution in [2.45, 2.75) is 25.8 Å². The van der Waals surface area contributed by atoms with Crippen LogP contribution in [0.4, 0.5) is 0 Å². The van der Waals surface area contributed by atoms with Crippen LogP contribution < -0.4 is 5.32 Å². The summed E-state index contributed by atoms with van der Waals surface area (Å²) in [4.78, 5) is 8.98. The van der Waals surface area contributed by atoms with Crippen molar-refractivity contribution in [3.05, 3.63) is 24.2 Å². The first kappa shape index (κ1) is 10.7. The Kier molecular flexibility index (Phi) is 2.59. The third-order valence-electron chi connectivity index (χ3n) is 3.67. The lowest BCUT2D eigenvalue weighted by Crippen LogP contribution is -2.32. The molecule has 2 atom stereocenters. The first-order valence-corrected chi connectivity index (χ1v) is 6.26. The molecule has 0 aromatic carbocycles. The maximum absolute atomic E-state index is 4.66. The molecule has 0 aliphatic carbocycles. The number of nitrogens with one attached hydrogen (secondary N) is 1. The van der Waals surface area contributed by atoms with E-state index in [1.54, 1.807) is 6.20 Å². The molecule has 1 N–H and O–H groups in total. The minimum Gasteiger partial charge on any atom is -0.328 e. The lowest BCUT2D eigenvalue weighted by molar-refractivity contribution is 0.312. The van der Waals surface area contributed by atoms with Crippen molar-refractivity contribution in [2.75, 3.05) is 6.54 Å². The Morgan fingerprint density at radius 2 is 2.35 bits per heavy atom. The Morgan fingerprint density at radius 1 is 1.47 bits per heavy atom.